The fourth-order valence-electron chi connectivity index (χ4n) is 4.08. The Morgan fingerprint density at radius 3 is 2.62 bits per heavy atom. The number of carbonyl (C=O) groups is 1. The first-order valence-electron chi connectivity index (χ1n) is 10.2. The molecule has 4 nitrogen and oxygen atoms in total. The topological polar surface area (TPSA) is 52.0 Å². The van der Waals surface area contributed by atoms with Crippen LogP contribution in [0.4, 0.5) is 0 Å². The fourth-order valence-corrected chi connectivity index (χ4v) is 6.33. The smallest absolute Gasteiger partial charge is 0.263 e. The average Bonchev–Trinajstić information content (AvgIpc) is 3.07. The molecule has 0 spiro atoms. The molecule has 6 heteroatoms. The van der Waals surface area contributed by atoms with Gasteiger partial charge >= 0.3 is 0 Å². The lowest BCUT2D eigenvalue weighted by molar-refractivity contribution is 0.102. The summed E-state index contributed by atoms with van der Waals surface area (Å²) in [7, 11) is 0. The maximum Gasteiger partial charge on any atom is 0.263 e. The van der Waals surface area contributed by atoms with Gasteiger partial charge in [-0.15, -0.1) is 11.3 Å². The van der Waals surface area contributed by atoms with Crippen LogP contribution >= 0.6 is 23.1 Å². The van der Waals surface area contributed by atoms with E-state index in [4.69, 9.17) is 4.98 Å². The minimum atomic E-state index is 0.0502. The molecule has 0 radical (unpaired) electrons. The van der Waals surface area contributed by atoms with E-state index in [0.29, 0.717) is 11.7 Å². The summed E-state index contributed by atoms with van der Waals surface area (Å²) in [5.41, 5.74) is 5.35. The number of aromatic nitrogens is 2. The van der Waals surface area contributed by atoms with Crippen LogP contribution in [-0.4, -0.2) is 21.1 Å². The van der Waals surface area contributed by atoms with Crippen molar-refractivity contribution in [2.24, 2.45) is 0 Å². The van der Waals surface area contributed by atoms with Crippen LogP contribution in [0.1, 0.15) is 57.3 Å². The zero-order valence-corrected chi connectivity index (χ0v) is 19.1. The van der Waals surface area contributed by atoms with Crippen molar-refractivity contribution in [3.8, 4) is 0 Å². The number of fused-ring (bicyclic) bond motifs is 3. The van der Waals surface area contributed by atoms with Crippen molar-refractivity contribution in [2.75, 3.05) is 5.75 Å². The van der Waals surface area contributed by atoms with Gasteiger partial charge in [-0.25, -0.2) is 4.98 Å². The number of nitrogens with zero attached hydrogens (tertiary/aromatic N) is 2. The van der Waals surface area contributed by atoms with Crippen molar-refractivity contribution in [2.45, 2.75) is 65.1 Å². The molecule has 1 aliphatic rings. The quantitative estimate of drug-likeness (QED) is 0.317. The maximum atomic E-state index is 13.2. The Hall–Kier alpha value is -1.92. The van der Waals surface area contributed by atoms with Crippen molar-refractivity contribution in [3.63, 3.8) is 0 Å². The van der Waals surface area contributed by atoms with Crippen LogP contribution in [0.2, 0.25) is 0 Å². The number of benzene rings is 1. The monoisotopic (exact) mass is 426 g/mol. The highest BCUT2D eigenvalue weighted by Crippen LogP contribution is 2.34. The second-order valence-electron chi connectivity index (χ2n) is 7.80. The second-order valence-corrected chi connectivity index (χ2v) is 9.82. The first kappa shape index (κ1) is 20.4. The molecule has 0 saturated carbocycles. The summed E-state index contributed by atoms with van der Waals surface area (Å²) in [5.74, 6) is 0.366. The number of carbonyl (C=O) groups excluding carboxylic acids is 1. The summed E-state index contributed by atoms with van der Waals surface area (Å²) < 4.78 is 1.73. The molecule has 29 heavy (non-hydrogen) atoms. The number of hydrogen-bond acceptors (Lipinski definition) is 5. The van der Waals surface area contributed by atoms with Gasteiger partial charge in [0.1, 0.15) is 4.83 Å². The number of ketones is 1. The lowest BCUT2D eigenvalue weighted by Crippen LogP contribution is -2.23. The summed E-state index contributed by atoms with van der Waals surface area (Å²) in [6.45, 7) is 8.60. The molecule has 0 aliphatic heterocycles. The molecule has 4 rings (SSSR count). The van der Waals surface area contributed by atoms with Gasteiger partial charge in [0.25, 0.3) is 5.56 Å². The third-order valence-electron chi connectivity index (χ3n) is 5.83. The van der Waals surface area contributed by atoms with Crippen molar-refractivity contribution in [1.82, 2.24) is 9.55 Å². The molecular formula is C23H26N2O2S2. The highest BCUT2D eigenvalue weighted by Gasteiger charge is 2.22. The third-order valence-corrected chi connectivity index (χ3v) is 7.99. The molecule has 0 unspecified atom stereocenters. The van der Waals surface area contributed by atoms with E-state index in [2.05, 4.69) is 13.0 Å². The van der Waals surface area contributed by atoms with Crippen molar-refractivity contribution in [3.05, 3.63) is 55.2 Å². The van der Waals surface area contributed by atoms with Gasteiger partial charge in [-0.2, -0.15) is 0 Å². The van der Waals surface area contributed by atoms with Crippen molar-refractivity contribution >= 4 is 39.1 Å². The molecule has 2 aromatic heterocycles. The van der Waals surface area contributed by atoms with Crippen LogP contribution in [0.3, 0.4) is 0 Å². The summed E-state index contributed by atoms with van der Waals surface area (Å²) >= 11 is 3.04. The molecule has 0 saturated heterocycles. The normalized spacial score (nSPS) is 13.7. The van der Waals surface area contributed by atoms with Crippen LogP contribution in [0.15, 0.2) is 22.1 Å². The van der Waals surface area contributed by atoms with Gasteiger partial charge in [0.15, 0.2) is 10.9 Å². The highest BCUT2D eigenvalue weighted by molar-refractivity contribution is 7.99. The lowest BCUT2D eigenvalue weighted by atomic mass is 9.97. The van der Waals surface area contributed by atoms with Crippen LogP contribution in [0.5, 0.6) is 0 Å². The molecule has 152 valence electrons. The van der Waals surface area contributed by atoms with E-state index in [0.717, 1.165) is 46.2 Å². The van der Waals surface area contributed by atoms with E-state index in [1.165, 1.54) is 34.2 Å². The summed E-state index contributed by atoms with van der Waals surface area (Å²) in [6.07, 6.45) is 4.36. The Kier molecular flexibility index (Phi) is 5.67. The first-order valence-corrected chi connectivity index (χ1v) is 12.0. The number of aryl methyl sites for hydroxylation is 5. The van der Waals surface area contributed by atoms with E-state index in [1.807, 2.05) is 26.8 Å². The van der Waals surface area contributed by atoms with Gasteiger partial charge in [0, 0.05) is 17.0 Å². The van der Waals surface area contributed by atoms with Gasteiger partial charge in [0.05, 0.1) is 11.1 Å². The fraction of sp³-hybridized carbons (Fsp3) is 0.435. The molecule has 1 aromatic carbocycles. The van der Waals surface area contributed by atoms with Gasteiger partial charge in [-0.1, -0.05) is 17.8 Å². The minimum Gasteiger partial charge on any atom is -0.293 e. The highest BCUT2D eigenvalue weighted by atomic mass is 32.2. The SMILES string of the molecule is CCn1c(SCC(=O)c2cc(C)c(C)cc2C)nc2sc3c(c2c1=O)CCCC3. The molecule has 0 bridgehead atoms. The van der Waals surface area contributed by atoms with E-state index < -0.39 is 0 Å². The molecule has 0 fully saturated rings. The zero-order chi connectivity index (χ0) is 20.7. The third kappa shape index (κ3) is 3.68. The predicted molar refractivity (Wildman–Crippen MR) is 122 cm³/mol. The number of rotatable bonds is 5. The molecular weight excluding hydrogens is 400 g/mol. The van der Waals surface area contributed by atoms with E-state index in [1.54, 1.807) is 15.9 Å². The Morgan fingerprint density at radius 1 is 1.14 bits per heavy atom. The largest absolute Gasteiger partial charge is 0.293 e. The number of Topliss-reactive ketones (excluding diaryl/α,β-unsaturated/α-hetero) is 1. The Bertz CT molecular complexity index is 1170. The summed E-state index contributed by atoms with van der Waals surface area (Å²) in [4.78, 5) is 33.1. The van der Waals surface area contributed by atoms with Gasteiger partial charge in [0.2, 0.25) is 0 Å². The van der Waals surface area contributed by atoms with E-state index >= 15 is 0 Å². The predicted octanol–water partition coefficient (Wildman–Crippen LogP) is 5.26. The van der Waals surface area contributed by atoms with Crippen LogP contribution in [0.25, 0.3) is 10.2 Å². The van der Waals surface area contributed by atoms with E-state index in [-0.39, 0.29) is 17.1 Å². The minimum absolute atomic E-state index is 0.0502. The Morgan fingerprint density at radius 2 is 1.86 bits per heavy atom. The molecule has 0 atom stereocenters. The Balaban J connectivity index is 1.67. The maximum absolute atomic E-state index is 13.2. The van der Waals surface area contributed by atoms with Crippen LogP contribution in [0, 0.1) is 20.8 Å². The van der Waals surface area contributed by atoms with Crippen molar-refractivity contribution in [1.29, 1.82) is 0 Å². The molecule has 2 heterocycles. The first-order chi connectivity index (χ1) is 13.9. The molecule has 0 N–H and O–H groups in total. The van der Waals surface area contributed by atoms with E-state index in [9.17, 15) is 9.59 Å². The lowest BCUT2D eigenvalue weighted by Gasteiger charge is -2.12. The number of thioether (sulfide) groups is 1. The standard InChI is InChI=1S/C23H26N2O2S2/c1-5-25-22(27)20-16-8-6-7-9-19(16)29-21(20)24-23(25)28-12-18(26)17-11-14(3)13(2)10-15(17)4/h10-11H,5-9,12H2,1-4H3. The number of thiophene rings is 1. The van der Waals surface area contributed by atoms with Gasteiger partial charge in [-0.05, 0) is 81.7 Å². The van der Waals surface area contributed by atoms with Crippen molar-refractivity contribution < 1.29 is 4.79 Å². The molecule has 3 aromatic rings. The molecule has 1 aliphatic carbocycles. The zero-order valence-electron chi connectivity index (χ0n) is 17.4. The van der Waals surface area contributed by atoms with Gasteiger partial charge < -0.3 is 0 Å². The second kappa shape index (κ2) is 8.07. The molecule has 0 amide bonds. The Labute approximate surface area is 179 Å². The van der Waals surface area contributed by atoms with Gasteiger partial charge in [-0.3, -0.25) is 14.2 Å². The number of hydrogen-bond donors (Lipinski definition) is 0. The summed E-state index contributed by atoms with van der Waals surface area (Å²) in [6, 6.07) is 4.04. The van der Waals surface area contributed by atoms with Crippen LogP contribution in [-0.2, 0) is 19.4 Å². The average molecular weight is 427 g/mol. The summed E-state index contributed by atoms with van der Waals surface area (Å²) in [5, 5.41) is 1.46. The van der Waals surface area contributed by atoms with Crippen LogP contribution < -0.4 is 5.56 Å².